The van der Waals surface area contributed by atoms with Gasteiger partial charge in [0.25, 0.3) is 0 Å². The molecule has 0 fully saturated rings. The molecule has 2 N–H and O–H groups in total. The van der Waals surface area contributed by atoms with Gasteiger partial charge in [0.15, 0.2) is 0 Å². The zero-order chi connectivity index (χ0) is 12.8. The number of nitrogens with one attached hydrogen (secondary N) is 1. The topological polar surface area (TPSA) is 79.3 Å². The van der Waals surface area contributed by atoms with Gasteiger partial charge in [0.05, 0.1) is 0 Å². The van der Waals surface area contributed by atoms with E-state index >= 15 is 0 Å². The average Bonchev–Trinajstić information content (AvgIpc) is 2.19. The van der Waals surface area contributed by atoms with E-state index in [0.717, 1.165) is 5.56 Å². The van der Waals surface area contributed by atoms with Gasteiger partial charge in [-0.1, -0.05) is 6.92 Å². The molecular formula is C12H16N2O3. The smallest absolute Gasteiger partial charge is 0.303 e. The molecule has 0 spiro atoms. The third-order valence-electron chi connectivity index (χ3n) is 2.35. The minimum Gasteiger partial charge on any atom is -0.481 e. The number of anilines is 1. The Hall–Kier alpha value is -1.91. The summed E-state index contributed by atoms with van der Waals surface area (Å²) in [6.07, 6.45) is 3.47. The van der Waals surface area contributed by atoms with E-state index in [1.54, 1.807) is 25.4 Å². The molecule has 0 aliphatic heterocycles. The molecule has 17 heavy (non-hydrogen) atoms. The Bertz CT molecular complexity index is 418. The minimum absolute atomic E-state index is 0.00273. The van der Waals surface area contributed by atoms with Gasteiger partial charge >= 0.3 is 5.97 Å². The van der Waals surface area contributed by atoms with Gasteiger partial charge in [0.2, 0.25) is 5.91 Å². The lowest BCUT2D eigenvalue weighted by molar-refractivity contribution is -0.138. The second-order valence-electron chi connectivity index (χ2n) is 4.15. The molecule has 0 aromatic carbocycles. The number of aliphatic carboxylic acids is 1. The summed E-state index contributed by atoms with van der Waals surface area (Å²) in [5, 5.41) is 11.3. The Labute approximate surface area is 99.9 Å². The minimum atomic E-state index is -0.884. The summed E-state index contributed by atoms with van der Waals surface area (Å²) in [5.74, 6) is -1.23. The van der Waals surface area contributed by atoms with Crippen molar-refractivity contribution in [2.75, 3.05) is 5.32 Å². The van der Waals surface area contributed by atoms with Crippen molar-refractivity contribution >= 4 is 17.6 Å². The predicted octanol–water partition coefficient (Wildman–Crippen LogP) is 1.83. The van der Waals surface area contributed by atoms with Gasteiger partial charge in [-0.2, -0.15) is 0 Å². The predicted molar refractivity (Wildman–Crippen MR) is 63.6 cm³/mol. The van der Waals surface area contributed by atoms with Crippen molar-refractivity contribution in [1.29, 1.82) is 0 Å². The number of hydrogen-bond donors (Lipinski definition) is 2. The van der Waals surface area contributed by atoms with Crippen LogP contribution in [0.1, 0.15) is 25.3 Å². The van der Waals surface area contributed by atoms with Crippen molar-refractivity contribution < 1.29 is 14.7 Å². The van der Waals surface area contributed by atoms with E-state index < -0.39 is 5.97 Å². The lowest BCUT2D eigenvalue weighted by Crippen LogP contribution is -2.17. The van der Waals surface area contributed by atoms with Crippen LogP contribution in [0.15, 0.2) is 18.5 Å². The van der Waals surface area contributed by atoms with Crippen LogP contribution in [0.5, 0.6) is 0 Å². The molecule has 0 aliphatic rings. The summed E-state index contributed by atoms with van der Waals surface area (Å²) in [7, 11) is 0. The van der Waals surface area contributed by atoms with E-state index in [9.17, 15) is 9.59 Å². The first-order valence-corrected chi connectivity index (χ1v) is 5.41. The Morgan fingerprint density at radius 2 is 2.18 bits per heavy atom. The normalized spacial score (nSPS) is 11.9. The van der Waals surface area contributed by atoms with Crippen LogP contribution in [-0.2, 0) is 9.59 Å². The molecule has 1 amide bonds. The lowest BCUT2D eigenvalue weighted by Gasteiger charge is -2.10. The van der Waals surface area contributed by atoms with Crippen molar-refractivity contribution in [3.05, 3.63) is 24.0 Å². The number of nitrogens with zero attached hydrogens (tertiary/aromatic N) is 1. The van der Waals surface area contributed by atoms with Crippen LogP contribution in [-0.4, -0.2) is 22.0 Å². The summed E-state index contributed by atoms with van der Waals surface area (Å²) in [5.41, 5.74) is 1.60. The first kappa shape index (κ1) is 13.2. The lowest BCUT2D eigenvalue weighted by atomic mass is 10.0. The van der Waals surface area contributed by atoms with E-state index in [0.29, 0.717) is 5.69 Å². The molecule has 0 aliphatic carbocycles. The van der Waals surface area contributed by atoms with Crippen molar-refractivity contribution in [1.82, 2.24) is 4.98 Å². The van der Waals surface area contributed by atoms with Crippen LogP contribution < -0.4 is 5.32 Å². The Morgan fingerprint density at radius 1 is 1.47 bits per heavy atom. The highest BCUT2D eigenvalue weighted by Crippen LogP contribution is 2.14. The van der Waals surface area contributed by atoms with Gasteiger partial charge in [-0.3, -0.25) is 14.6 Å². The van der Waals surface area contributed by atoms with Gasteiger partial charge in [-0.25, -0.2) is 0 Å². The van der Waals surface area contributed by atoms with Gasteiger partial charge in [0, 0.05) is 30.9 Å². The molecule has 1 aromatic heterocycles. The van der Waals surface area contributed by atoms with Crippen LogP contribution in [0.3, 0.4) is 0 Å². The fourth-order valence-corrected chi connectivity index (χ4v) is 1.50. The summed E-state index contributed by atoms with van der Waals surface area (Å²) in [4.78, 5) is 26.0. The number of carboxylic acids is 1. The second kappa shape index (κ2) is 5.98. The van der Waals surface area contributed by atoms with E-state index in [2.05, 4.69) is 10.3 Å². The molecule has 92 valence electrons. The number of carbonyl (C=O) groups is 2. The molecule has 5 heteroatoms. The average molecular weight is 236 g/mol. The molecule has 1 rings (SSSR count). The quantitative estimate of drug-likeness (QED) is 0.817. The Morgan fingerprint density at radius 3 is 2.76 bits per heavy atom. The van der Waals surface area contributed by atoms with Gasteiger partial charge in [-0.15, -0.1) is 0 Å². The van der Waals surface area contributed by atoms with Crippen molar-refractivity contribution in [3.63, 3.8) is 0 Å². The molecule has 1 unspecified atom stereocenters. The van der Waals surface area contributed by atoms with Gasteiger partial charge < -0.3 is 10.4 Å². The van der Waals surface area contributed by atoms with E-state index in [-0.39, 0.29) is 24.7 Å². The van der Waals surface area contributed by atoms with Crippen LogP contribution in [0, 0.1) is 12.8 Å². The van der Waals surface area contributed by atoms with Crippen LogP contribution in [0.25, 0.3) is 0 Å². The number of pyridine rings is 1. The second-order valence-corrected chi connectivity index (χ2v) is 4.15. The van der Waals surface area contributed by atoms with Crippen LogP contribution in [0.2, 0.25) is 0 Å². The third kappa shape index (κ3) is 4.63. The summed E-state index contributed by atoms with van der Waals surface area (Å²) < 4.78 is 0. The third-order valence-corrected chi connectivity index (χ3v) is 2.35. The number of amides is 1. The number of aromatic nitrogens is 1. The number of rotatable bonds is 5. The monoisotopic (exact) mass is 236 g/mol. The fraction of sp³-hybridized carbons (Fsp3) is 0.417. The van der Waals surface area contributed by atoms with Crippen LogP contribution in [0.4, 0.5) is 5.69 Å². The summed E-state index contributed by atoms with van der Waals surface area (Å²) in [6.45, 7) is 3.59. The van der Waals surface area contributed by atoms with Crippen molar-refractivity contribution in [3.8, 4) is 0 Å². The number of aryl methyl sites for hydroxylation is 1. The van der Waals surface area contributed by atoms with E-state index in [1.807, 2.05) is 6.92 Å². The number of carboxylic acid groups (broad SMARTS) is 1. The van der Waals surface area contributed by atoms with Gasteiger partial charge in [0.1, 0.15) is 0 Å². The molecule has 1 aromatic rings. The number of carbonyl (C=O) groups excluding carboxylic acids is 1. The van der Waals surface area contributed by atoms with Crippen LogP contribution >= 0.6 is 0 Å². The highest BCUT2D eigenvalue weighted by atomic mass is 16.4. The molecule has 0 saturated carbocycles. The summed E-state index contributed by atoms with van der Waals surface area (Å²) >= 11 is 0. The first-order valence-electron chi connectivity index (χ1n) is 5.41. The molecule has 0 saturated heterocycles. The molecule has 0 radical (unpaired) electrons. The highest BCUT2D eigenvalue weighted by Gasteiger charge is 2.13. The number of hydrogen-bond acceptors (Lipinski definition) is 3. The summed E-state index contributed by atoms with van der Waals surface area (Å²) in [6, 6.07) is 1.72. The van der Waals surface area contributed by atoms with Gasteiger partial charge in [-0.05, 0) is 24.5 Å². The zero-order valence-corrected chi connectivity index (χ0v) is 9.93. The Kier molecular flexibility index (Phi) is 4.63. The standard InChI is InChI=1S/C12H16N2O3/c1-8(6-12(16)17)5-11(15)14-10-3-4-13-7-9(10)2/h3-4,7-8H,5-6H2,1-2H3,(H,16,17)(H,13,14,15). The largest absolute Gasteiger partial charge is 0.481 e. The molecule has 5 nitrogen and oxygen atoms in total. The highest BCUT2D eigenvalue weighted by molar-refractivity contribution is 5.91. The Balaban J connectivity index is 2.50. The van der Waals surface area contributed by atoms with E-state index in [1.165, 1.54) is 0 Å². The van der Waals surface area contributed by atoms with Crippen molar-refractivity contribution in [2.24, 2.45) is 5.92 Å². The van der Waals surface area contributed by atoms with E-state index in [4.69, 9.17) is 5.11 Å². The fourth-order valence-electron chi connectivity index (χ4n) is 1.50. The molecule has 1 heterocycles. The molecular weight excluding hydrogens is 220 g/mol. The SMILES string of the molecule is Cc1cnccc1NC(=O)CC(C)CC(=O)O. The molecule has 0 bridgehead atoms. The maximum absolute atomic E-state index is 11.6. The molecule has 1 atom stereocenters. The van der Waals surface area contributed by atoms with Crippen molar-refractivity contribution in [2.45, 2.75) is 26.7 Å². The maximum Gasteiger partial charge on any atom is 0.303 e. The maximum atomic E-state index is 11.6. The first-order chi connectivity index (χ1) is 7.99. The zero-order valence-electron chi connectivity index (χ0n) is 9.93.